The first-order valence-electron chi connectivity index (χ1n) is 10.9. The maximum atomic E-state index is 13.9. The summed E-state index contributed by atoms with van der Waals surface area (Å²) in [5.41, 5.74) is 1.82. The van der Waals surface area contributed by atoms with E-state index in [0.717, 1.165) is 0 Å². The molecule has 1 amide bonds. The molecular weight excluding hydrogens is 473 g/mol. The Morgan fingerprint density at radius 3 is 2.46 bits per heavy atom. The summed E-state index contributed by atoms with van der Waals surface area (Å²) in [6, 6.07) is 12.3. The zero-order chi connectivity index (χ0) is 25.4. The van der Waals surface area contributed by atoms with Crippen LogP contribution in [-0.4, -0.2) is 28.5 Å². The lowest BCUT2D eigenvalue weighted by Crippen LogP contribution is -2.30. The van der Waals surface area contributed by atoms with E-state index in [-0.39, 0.29) is 34.8 Å². The molecular formula is C27H23ClFNO5. The minimum absolute atomic E-state index is 0.107. The lowest BCUT2D eigenvalue weighted by molar-refractivity contribution is -0.132. The Morgan fingerprint density at radius 1 is 1.06 bits per heavy atom. The smallest absolute Gasteiger partial charge is 0.300 e. The summed E-state index contributed by atoms with van der Waals surface area (Å²) in [6.45, 7) is 5.32. The van der Waals surface area contributed by atoms with Gasteiger partial charge >= 0.3 is 0 Å². The number of rotatable bonds is 5. The van der Waals surface area contributed by atoms with Crippen molar-refractivity contribution in [2.75, 3.05) is 11.5 Å². The second-order valence-corrected chi connectivity index (χ2v) is 8.66. The first-order valence-corrected chi connectivity index (χ1v) is 11.3. The number of phenols is 1. The molecule has 0 saturated carbocycles. The third-order valence-corrected chi connectivity index (χ3v) is 6.13. The van der Waals surface area contributed by atoms with Gasteiger partial charge in [-0.3, -0.25) is 14.5 Å². The van der Waals surface area contributed by atoms with Crippen LogP contribution in [0.5, 0.6) is 11.5 Å². The van der Waals surface area contributed by atoms with E-state index in [1.807, 2.05) is 0 Å². The van der Waals surface area contributed by atoms with Crippen LogP contribution in [-0.2, 0) is 9.59 Å². The largest absolute Gasteiger partial charge is 0.507 e. The van der Waals surface area contributed by atoms with Crippen LogP contribution in [0.2, 0.25) is 5.02 Å². The highest BCUT2D eigenvalue weighted by Crippen LogP contribution is 2.45. The van der Waals surface area contributed by atoms with Crippen LogP contribution in [0.4, 0.5) is 10.1 Å². The van der Waals surface area contributed by atoms with Gasteiger partial charge < -0.3 is 14.9 Å². The number of anilines is 1. The summed E-state index contributed by atoms with van der Waals surface area (Å²) < 4.78 is 19.4. The molecule has 4 rings (SSSR count). The third-order valence-electron chi connectivity index (χ3n) is 5.89. The van der Waals surface area contributed by atoms with Crippen molar-refractivity contribution in [1.29, 1.82) is 0 Å². The van der Waals surface area contributed by atoms with Crippen molar-refractivity contribution in [3.63, 3.8) is 0 Å². The Balaban J connectivity index is 1.99. The molecule has 8 heteroatoms. The van der Waals surface area contributed by atoms with Gasteiger partial charge in [0.1, 0.15) is 11.6 Å². The van der Waals surface area contributed by atoms with Gasteiger partial charge in [0.05, 0.1) is 18.2 Å². The normalized spacial score (nSPS) is 17.2. The number of halogens is 2. The minimum atomic E-state index is -1.04. The fraction of sp³-hybridized carbons (Fsp3) is 0.185. The Kier molecular flexibility index (Phi) is 6.54. The van der Waals surface area contributed by atoms with Crippen molar-refractivity contribution in [2.45, 2.75) is 26.8 Å². The van der Waals surface area contributed by atoms with E-state index < -0.39 is 29.3 Å². The monoisotopic (exact) mass is 495 g/mol. The molecule has 1 atom stereocenters. The Bertz CT molecular complexity index is 1380. The number of ketones is 1. The zero-order valence-electron chi connectivity index (χ0n) is 19.3. The van der Waals surface area contributed by atoms with Crippen LogP contribution >= 0.6 is 11.6 Å². The van der Waals surface area contributed by atoms with E-state index in [1.54, 1.807) is 38.1 Å². The number of benzene rings is 3. The Labute approximate surface area is 206 Å². The fourth-order valence-corrected chi connectivity index (χ4v) is 4.43. The molecule has 35 heavy (non-hydrogen) atoms. The van der Waals surface area contributed by atoms with Crippen molar-refractivity contribution < 1.29 is 28.9 Å². The van der Waals surface area contributed by atoms with E-state index in [4.69, 9.17) is 16.3 Å². The van der Waals surface area contributed by atoms with Gasteiger partial charge in [-0.1, -0.05) is 17.7 Å². The molecule has 1 fully saturated rings. The van der Waals surface area contributed by atoms with E-state index >= 15 is 0 Å². The van der Waals surface area contributed by atoms with Crippen molar-refractivity contribution in [3.8, 4) is 11.5 Å². The van der Waals surface area contributed by atoms with E-state index in [0.29, 0.717) is 21.8 Å². The molecule has 1 saturated heterocycles. The summed E-state index contributed by atoms with van der Waals surface area (Å²) in [5.74, 6) is -2.57. The van der Waals surface area contributed by atoms with Gasteiger partial charge in [-0.15, -0.1) is 0 Å². The number of aryl methyl sites for hydroxylation is 2. The van der Waals surface area contributed by atoms with Gasteiger partial charge in [0, 0.05) is 16.3 Å². The van der Waals surface area contributed by atoms with Gasteiger partial charge in [0.15, 0.2) is 11.5 Å². The Hall–Kier alpha value is -3.84. The number of hydrogen-bond acceptors (Lipinski definition) is 5. The number of aliphatic hydroxyl groups is 1. The van der Waals surface area contributed by atoms with Crippen LogP contribution in [0, 0.1) is 19.7 Å². The van der Waals surface area contributed by atoms with Crippen LogP contribution in [0.15, 0.2) is 60.2 Å². The standard InChI is InChI=1S/C27H23ClFNO5/c1-4-35-22-13-16(6-10-21(22)31)24-23(25(32)17-5-8-19(29)14(2)11-17)26(33)27(34)30(24)20-9-7-18(28)12-15(20)3/h5-13,24,31-32H,4H2,1-3H3/b25-23+. The number of ether oxygens (including phenoxy) is 1. The first-order chi connectivity index (χ1) is 16.6. The average molecular weight is 496 g/mol. The summed E-state index contributed by atoms with van der Waals surface area (Å²) >= 11 is 6.11. The van der Waals surface area contributed by atoms with Crippen LogP contribution in [0.3, 0.4) is 0 Å². The predicted octanol–water partition coefficient (Wildman–Crippen LogP) is 5.83. The lowest BCUT2D eigenvalue weighted by Gasteiger charge is -2.27. The molecule has 1 aliphatic rings. The molecule has 0 spiro atoms. The Morgan fingerprint density at radius 2 is 1.80 bits per heavy atom. The van der Waals surface area contributed by atoms with Gasteiger partial charge in [-0.25, -0.2) is 4.39 Å². The van der Waals surface area contributed by atoms with Gasteiger partial charge in [0.25, 0.3) is 11.7 Å². The lowest BCUT2D eigenvalue weighted by atomic mass is 9.94. The van der Waals surface area contributed by atoms with E-state index in [2.05, 4.69) is 0 Å². The quantitative estimate of drug-likeness (QED) is 0.264. The number of phenolic OH excluding ortho intramolecular Hbond substituents is 1. The summed E-state index contributed by atoms with van der Waals surface area (Å²) in [7, 11) is 0. The number of aliphatic hydroxyl groups excluding tert-OH is 1. The van der Waals surface area contributed by atoms with Crippen LogP contribution < -0.4 is 9.64 Å². The average Bonchev–Trinajstić information content (AvgIpc) is 3.07. The highest BCUT2D eigenvalue weighted by molar-refractivity contribution is 6.51. The zero-order valence-corrected chi connectivity index (χ0v) is 20.1. The first kappa shape index (κ1) is 24.3. The number of Topliss-reactive ketones (excluding diaryl/α,β-unsaturated/α-hetero) is 1. The third kappa shape index (κ3) is 4.35. The number of amides is 1. The maximum absolute atomic E-state index is 13.9. The molecule has 0 aromatic heterocycles. The predicted molar refractivity (Wildman–Crippen MR) is 131 cm³/mol. The summed E-state index contributed by atoms with van der Waals surface area (Å²) in [4.78, 5) is 27.9. The number of aromatic hydroxyl groups is 1. The molecule has 180 valence electrons. The molecule has 1 unspecified atom stereocenters. The highest BCUT2D eigenvalue weighted by Gasteiger charge is 2.47. The number of nitrogens with zero attached hydrogens (tertiary/aromatic N) is 1. The topological polar surface area (TPSA) is 87.1 Å². The van der Waals surface area contributed by atoms with Crippen LogP contribution in [0.1, 0.15) is 35.2 Å². The maximum Gasteiger partial charge on any atom is 0.300 e. The van der Waals surface area contributed by atoms with Gasteiger partial charge in [-0.05, 0) is 86.0 Å². The number of hydrogen-bond donors (Lipinski definition) is 2. The summed E-state index contributed by atoms with van der Waals surface area (Å²) in [6.07, 6.45) is 0. The molecule has 0 aliphatic carbocycles. The molecule has 2 N–H and O–H groups in total. The second-order valence-electron chi connectivity index (χ2n) is 8.22. The molecule has 1 heterocycles. The minimum Gasteiger partial charge on any atom is -0.507 e. The second kappa shape index (κ2) is 9.43. The molecule has 0 bridgehead atoms. The van der Waals surface area contributed by atoms with Gasteiger partial charge in [0.2, 0.25) is 0 Å². The molecule has 6 nitrogen and oxygen atoms in total. The van der Waals surface area contributed by atoms with E-state index in [1.165, 1.54) is 42.2 Å². The number of carbonyl (C=O) groups is 2. The fourth-order valence-electron chi connectivity index (χ4n) is 4.20. The highest BCUT2D eigenvalue weighted by atomic mass is 35.5. The SMILES string of the molecule is CCOc1cc(C2/C(=C(\O)c3ccc(F)c(C)c3)C(=O)C(=O)N2c2ccc(Cl)cc2C)ccc1O. The van der Waals surface area contributed by atoms with E-state index in [9.17, 15) is 24.2 Å². The van der Waals surface area contributed by atoms with Crippen molar-refractivity contribution >= 4 is 34.7 Å². The number of carbonyl (C=O) groups excluding carboxylic acids is 2. The van der Waals surface area contributed by atoms with Crippen LogP contribution in [0.25, 0.3) is 5.76 Å². The van der Waals surface area contributed by atoms with Gasteiger partial charge in [-0.2, -0.15) is 0 Å². The molecule has 3 aromatic rings. The summed E-state index contributed by atoms with van der Waals surface area (Å²) in [5, 5.41) is 21.9. The molecule has 3 aromatic carbocycles. The van der Waals surface area contributed by atoms with Crippen molar-refractivity contribution in [3.05, 3.63) is 93.3 Å². The van der Waals surface area contributed by atoms with Crippen molar-refractivity contribution in [2.24, 2.45) is 0 Å². The molecule has 1 aliphatic heterocycles. The molecule has 0 radical (unpaired) electrons. The van der Waals surface area contributed by atoms with Crippen molar-refractivity contribution in [1.82, 2.24) is 0 Å².